The summed E-state index contributed by atoms with van der Waals surface area (Å²) in [6, 6.07) is 2.34. The van der Waals surface area contributed by atoms with E-state index in [1.807, 2.05) is 6.20 Å². The summed E-state index contributed by atoms with van der Waals surface area (Å²) in [5, 5.41) is 3.52. The Labute approximate surface area is 131 Å². The molecule has 1 aromatic rings. The average Bonchev–Trinajstić information content (AvgIpc) is 2.88. The number of rotatable bonds is 6. The fourth-order valence-electron chi connectivity index (χ4n) is 2.49. The minimum absolute atomic E-state index is 0.289. The summed E-state index contributed by atoms with van der Waals surface area (Å²) in [5.74, 6) is 0. The van der Waals surface area contributed by atoms with Gasteiger partial charge in [-0.2, -0.15) is 0 Å². The quantitative estimate of drug-likeness (QED) is 0.788. The molecule has 19 heavy (non-hydrogen) atoms. The van der Waals surface area contributed by atoms with E-state index in [0.717, 1.165) is 40.6 Å². The van der Waals surface area contributed by atoms with Gasteiger partial charge in [0.1, 0.15) is 0 Å². The number of aromatic nitrogens is 1. The normalized spacial score (nSPS) is 20.7. The van der Waals surface area contributed by atoms with Gasteiger partial charge in [0.25, 0.3) is 0 Å². The zero-order chi connectivity index (χ0) is 13.7. The van der Waals surface area contributed by atoms with Crippen molar-refractivity contribution in [1.29, 1.82) is 0 Å². The summed E-state index contributed by atoms with van der Waals surface area (Å²) in [4.78, 5) is 4.54. The summed E-state index contributed by atoms with van der Waals surface area (Å²) in [6.45, 7) is 4.00. The second-order valence-electron chi connectivity index (χ2n) is 4.84. The van der Waals surface area contributed by atoms with Gasteiger partial charge in [-0.05, 0) is 70.2 Å². The van der Waals surface area contributed by atoms with Crippen LogP contribution >= 0.6 is 31.9 Å². The van der Waals surface area contributed by atoms with Gasteiger partial charge in [0, 0.05) is 21.7 Å². The van der Waals surface area contributed by atoms with E-state index in [1.54, 1.807) is 0 Å². The lowest BCUT2D eigenvalue weighted by Gasteiger charge is -2.20. The summed E-state index contributed by atoms with van der Waals surface area (Å²) in [6.07, 6.45) is 6.87. The summed E-state index contributed by atoms with van der Waals surface area (Å²) >= 11 is 7.05. The van der Waals surface area contributed by atoms with E-state index >= 15 is 0 Å². The van der Waals surface area contributed by atoms with Crippen LogP contribution in [0, 0.1) is 0 Å². The Morgan fingerprint density at radius 3 is 3.00 bits per heavy atom. The Bertz CT molecular complexity index is 408. The minimum Gasteiger partial charge on any atom is -0.378 e. The molecule has 1 fully saturated rings. The van der Waals surface area contributed by atoms with Crippen molar-refractivity contribution in [2.24, 2.45) is 0 Å². The molecule has 1 N–H and O–H groups in total. The van der Waals surface area contributed by atoms with E-state index in [1.165, 1.54) is 12.8 Å². The molecule has 0 spiro atoms. The topological polar surface area (TPSA) is 34.1 Å². The number of hydrogen-bond acceptors (Lipinski definition) is 3. The van der Waals surface area contributed by atoms with Crippen molar-refractivity contribution in [3.63, 3.8) is 0 Å². The SMILES string of the molecule is CCNC(CCC1CCCO1)c1ncc(Br)cc1Br. The molecule has 1 aliphatic rings. The number of nitrogens with one attached hydrogen (secondary N) is 1. The molecular weight excluding hydrogens is 372 g/mol. The van der Waals surface area contributed by atoms with Crippen molar-refractivity contribution in [2.75, 3.05) is 13.2 Å². The number of halogens is 2. The minimum atomic E-state index is 0.289. The highest BCUT2D eigenvalue weighted by Crippen LogP contribution is 2.29. The summed E-state index contributed by atoms with van der Waals surface area (Å²) in [5.41, 5.74) is 1.09. The fraction of sp³-hybridized carbons (Fsp3) is 0.643. The van der Waals surface area contributed by atoms with Gasteiger partial charge in [0.05, 0.1) is 17.8 Å². The predicted octanol–water partition coefficient (Wildman–Crippen LogP) is 4.22. The van der Waals surface area contributed by atoms with E-state index in [9.17, 15) is 0 Å². The molecule has 0 saturated carbocycles. The predicted molar refractivity (Wildman–Crippen MR) is 84.3 cm³/mol. The zero-order valence-electron chi connectivity index (χ0n) is 11.2. The van der Waals surface area contributed by atoms with Gasteiger partial charge in [0.15, 0.2) is 0 Å². The van der Waals surface area contributed by atoms with Crippen molar-refractivity contribution in [3.05, 3.63) is 26.9 Å². The van der Waals surface area contributed by atoms with Gasteiger partial charge in [-0.3, -0.25) is 4.98 Å². The Morgan fingerprint density at radius 1 is 1.53 bits per heavy atom. The van der Waals surface area contributed by atoms with Crippen LogP contribution < -0.4 is 5.32 Å². The third kappa shape index (κ3) is 4.52. The van der Waals surface area contributed by atoms with Crippen molar-refractivity contribution in [3.8, 4) is 0 Å². The average molecular weight is 392 g/mol. The second-order valence-corrected chi connectivity index (χ2v) is 6.61. The van der Waals surface area contributed by atoms with Gasteiger partial charge in [-0.25, -0.2) is 0 Å². The molecule has 5 heteroatoms. The van der Waals surface area contributed by atoms with Crippen LogP contribution in [0.15, 0.2) is 21.2 Å². The molecule has 0 radical (unpaired) electrons. The van der Waals surface area contributed by atoms with E-state index < -0.39 is 0 Å². The largest absolute Gasteiger partial charge is 0.378 e. The lowest BCUT2D eigenvalue weighted by molar-refractivity contribution is 0.0995. The van der Waals surface area contributed by atoms with Crippen LogP contribution in [-0.4, -0.2) is 24.2 Å². The van der Waals surface area contributed by atoms with E-state index in [2.05, 4.69) is 55.2 Å². The van der Waals surface area contributed by atoms with Crippen molar-refractivity contribution < 1.29 is 4.74 Å². The molecule has 106 valence electrons. The van der Waals surface area contributed by atoms with Gasteiger partial charge in [0.2, 0.25) is 0 Å². The van der Waals surface area contributed by atoms with Crippen molar-refractivity contribution >= 4 is 31.9 Å². The standard InChI is InChI=1S/C14H20Br2N2O/c1-2-17-13(6-5-11-4-3-7-19-11)14-12(16)8-10(15)9-18-14/h8-9,11,13,17H,2-7H2,1H3. The molecule has 0 amide bonds. The molecule has 1 aromatic heterocycles. The van der Waals surface area contributed by atoms with Crippen molar-refractivity contribution in [1.82, 2.24) is 10.3 Å². The summed E-state index contributed by atoms with van der Waals surface area (Å²) < 4.78 is 7.75. The monoisotopic (exact) mass is 390 g/mol. The lowest BCUT2D eigenvalue weighted by Crippen LogP contribution is -2.23. The van der Waals surface area contributed by atoms with E-state index in [0.29, 0.717) is 6.10 Å². The molecule has 1 saturated heterocycles. The molecule has 1 aliphatic heterocycles. The summed E-state index contributed by atoms with van der Waals surface area (Å²) in [7, 11) is 0. The maximum absolute atomic E-state index is 5.70. The fourth-order valence-corrected chi connectivity index (χ4v) is 3.75. The van der Waals surface area contributed by atoms with Crippen LogP contribution in [0.25, 0.3) is 0 Å². The first-order valence-electron chi connectivity index (χ1n) is 6.86. The number of hydrogen-bond donors (Lipinski definition) is 1. The van der Waals surface area contributed by atoms with Gasteiger partial charge >= 0.3 is 0 Å². The molecule has 3 nitrogen and oxygen atoms in total. The van der Waals surface area contributed by atoms with Gasteiger partial charge < -0.3 is 10.1 Å². The number of nitrogens with zero attached hydrogens (tertiary/aromatic N) is 1. The van der Waals surface area contributed by atoms with Crippen LogP contribution in [0.4, 0.5) is 0 Å². The molecule has 2 heterocycles. The van der Waals surface area contributed by atoms with Crippen LogP contribution in [0.5, 0.6) is 0 Å². The molecular formula is C14H20Br2N2O. The number of ether oxygens (including phenoxy) is 1. The first-order chi connectivity index (χ1) is 9.20. The molecule has 0 aromatic carbocycles. The van der Waals surface area contributed by atoms with Crippen LogP contribution in [-0.2, 0) is 4.74 Å². The first-order valence-corrected chi connectivity index (χ1v) is 8.45. The van der Waals surface area contributed by atoms with Gasteiger partial charge in [-0.15, -0.1) is 0 Å². The van der Waals surface area contributed by atoms with Gasteiger partial charge in [-0.1, -0.05) is 6.92 Å². The second kappa shape index (κ2) is 7.72. The Balaban J connectivity index is 2.01. The highest BCUT2D eigenvalue weighted by Gasteiger charge is 2.20. The zero-order valence-corrected chi connectivity index (χ0v) is 14.3. The molecule has 0 bridgehead atoms. The highest BCUT2D eigenvalue weighted by molar-refractivity contribution is 9.11. The van der Waals surface area contributed by atoms with Crippen LogP contribution in [0.1, 0.15) is 44.3 Å². The third-order valence-corrected chi connectivity index (χ3v) is 4.49. The maximum Gasteiger partial charge on any atom is 0.0715 e. The van der Waals surface area contributed by atoms with Crippen molar-refractivity contribution in [2.45, 2.75) is 44.8 Å². The third-order valence-electron chi connectivity index (χ3n) is 3.42. The Hall–Kier alpha value is 0.0300. The molecule has 2 unspecified atom stereocenters. The Kier molecular flexibility index (Phi) is 6.26. The molecule has 2 rings (SSSR count). The lowest BCUT2D eigenvalue weighted by atomic mass is 10.0. The Morgan fingerprint density at radius 2 is 2.37 bits per heavy atom. The van der Waals surface area contributed by atoms with E-state index in [-0.39, 0.29) is 6.04 Å². The molecule has 0 aliphatic carbocycles. The van der Waals surface area contributed by atoms with Crippen LogP contribution in [0.2, 0.25) is 0 Å². The van der Waals surface area contributed by atoms with Crippen LogP contribution in [0.3, 0.4) is 0 Å². The first kappa shape index (κ1) is 15.4. The highest BCUT2D eigenvalue weighted by atomic mass is 79.9. The maximum atomic E-state index is 5.70. The smallest absolute Gasteiger partial charge is 0.0715 e. The number of pyridine rings is 1. The van der Waals surface area contributed by atoms with E-state index in [4.69, 9.17) is 4.74 Å². The molecule has 2 atom stereocenters.